The van der Waals surface area contributed by atoms with Crippen molar-refractivity contribution in [1.29, 1.82) is 0 Å². The predicted molar refractivity (Wildman–Crippen MR) is 79.4 cm³/mol. The highest BCUT2D eigenvalue weighted by atomic mass is 35.5. The van der Waals surface area contributed by atoms with Gasteiger partial charge < -0.3 is 5.32 Å². The molecule has 0 unspecified atom stereocenters. The molecule has 21 heavy (non-hydrogen) atoms. The molecule has 1 amide bonds. The lowest BCUT2D eigenvalue weighted by atomic mass is 9.70. The Bertz CT molecular complexity index is 559. The Morgan fingerprint density at radius 3 is 2.52 bits per heavy atom. The van der Waals surface area contributed by atoms with E-state index >= 15 is 0 Å². The normalized spacial score (nSPS) is 24.7. The second-order valence-corrected chi connectivity index (χ2v) is 7.24. The van der Waals surface area contributed by atoms with Gasteiger partial charge in [-0.1, -0.05) is 32.4 Å². The van der Waals surface area contributed by atoms with Gasteiger partial charge >= 0.3 is 0 Å². The van der Waals surface area contributed by atoms with Crippen molar-refractivity contribution >= 4 is 17.5 Å². The third-order valence-corrected chi connectivity index (χ3v) is 4.29. The van der Waals surface area contributed by atoms with Gasteiger partial charge in [0, 0.05) is 6.04 Å². The molecule has 1 aliphatic rings. The number of hydrogen-bond donors (Lipinski definition) is 1. The lowest BCUT2D eigenvalue weighted by molar-refractivity contribution is 0.0874. The van der Waals surface area contributed by atoms with Crippen molar-refractivity contribution in [2.75, 3.05) is 0 Å². The highest BCUT2D eigenvalue weighted by Gasteiger charge is 2.33. The molecular weight excluding hydrogens is 296 g/mol. The molecule has 0 aliphatic heterocycles. The zero-order valence-corrected chi connectivity index (χ0v) is 13.2. The Labute approximate surface area is 128 Å². The van der Waals surface area contributed by atoms with E-state index in [-0.39, 0.29) is 22.0 Å². The van der Waals surface area contributed by atoms with Gasteiger partial charge in [0.15, 0.2) is 11.6 Å². The first kappa shape index (κ1) is 16.2. The van der Waals surface area contributed by atoms with Crippen LogP contribution in [-0.4, -0.2) is 11.9 Å². The predicted octanol–water partition coefficient (Wildman–Crippen LogP) is 4.56. The Hall–Kier alpha value is -1.16. The maximum Gasteiger partial charge on any atom is 0.253 e. The van der Waals surface area contributed by atoms with Gasteiger partial charge in [-0.05, 0) is 42.7 Å². The third-order valence-electron chi connectivity index (χ3n) is 3.98. The SMILES string of the molecule is C[C@@H]1C[C@@H](NC(=O)c2cc(F)c(F)cc2Cl)CC(C)(C)C1. The van der Waals surface area contributed by atoms with Crippen LogP contribution in [0.1, 0.15) is 50.4 Å². The van der Waals surface area contributed by atoms with Crippen molar-refractivity contribution in [2.24, 2.45) is 11.3 Å². The summed E-state index contributed by atoms with van der Waals surface area (Å²) in [5, 5.41) is 2.82. The quantitative estimate of drug-likeness (QED) is 0.796. The van der Waals surface area contributed by atoms with Gasteiger partial charge in [-0.3, -0.25) is 4.79 Å². The van der Waals surface area contributed by atoms with Crippen molar-refractivity contribution in [3.63, 3.8) is 0 Å². The van der Waals surface area contributed by atoms with Gasteiger partial charge in [-0.25, -0.2) is 8.78 Å². The minimum Gasteiger partial charge on any atom is -0.349 e. The maximum atomic E-state index is 13.3. The highest BCUT2D eigenvalue weighted by molar-refractivity contribution is 6.33. The molecule has 0 bridgehead atoms. The van der Waals surface area contributed by atoms with Crippen LogP contribution in [0, 0.1) is 23.0 Å². The van der Waals surface area contributed by atoms with Crippen molar-refractivity contribution in [3.05, 3.63) is 34.4 Å². The second kappa shape index (κ2) is 5.91. The minimum absolute atomic E-state index is 0.0217. The Kier molecular flexibility index (Phi) is 4.57. The first-order chi connectivity index (χ1) is 9.68. The molecule has 1 fully saturated rings. The van der Waals surface area contributed by atoms with Crippen molar-refractivity contribution in [1.82, 2.24) is 5.32 Å². The lowest BCUT2D eigenvalue weighted by Crippen LogP contribution is -2.43. The summed E-state index contributed by atoms with van der Waals surface area (Å²) in [7, 11) is 0. The van der Waals surface area contributed by atoms with Crippen LogP contribution in [0.25, 0.3) is 0 Å². The molecule has 1 aliphatic carbocycles. The van der Waals surface area contributed by atoms with Crippen LogP contribution in [0.2, 0.25) is 5.02 Å². The van der Waals surface area contributed by atoms with Crippen LogP contribution >= 0.6 is 11.6 Å². The zero-order valence-electron chi connectivity index (χ0n) is 12.5. The fraction of sp³-hybridized carbons (Fsp3) is 0.562. The van der Waals surface area contributed by atoms with Crippen LogP contribution < -0.4 is 5.32 Å². The molecule has 0 radical (unpaired) electrons. The molecule has 0 saturated heterocycles. The average Bonchev–Trinajstić information content (AvgIpc) is 2.30. The summed E-state index contributed by atoms with van der Waals surface area (Å²) < 4.78 is 26.3. The summed E-state index contributed by atoms with van der Waals surface area (Å²) in [6, 6.07) is 1.71. The number of rotatable bonds is 2. The highest BCUT2D eigenvalue weighted by Crippen LogP contribution is 2.38. The summed E-state index contributed by atoms with van der Waals surface area (Å²) in [4.78, 5) is 12.2. The van der Waals surface area contributed by atoms with E-state index in [1.54, 1.807) is 0 Å². The van der Waals surface area contributed by atoms with E-state index in [1.807, 2.05) is 0 Å². The molecule has 2 atom stereocenters. The van der Waals surface area contributed by atoms with Gasteiger partial charge in [-0.2, -0.15) is 0 Å². The number of amides is 1. The summed E-state index contributed by atoms with van der Waals surface area (Å²) in [5.41, 5.74) is 0.139. The molecule has 1 aromatic carbocycles. The summed E-state index contributed by atoms with van der Waals surface area (Å²) in [6.07, 6.45) is 2.87. The van der Waals surface area contributed by atoms with Gasteiger partial charge in [0.2, 0.25) is 0 Å². The molecule has 0 heterocycles. The van der Waals surface area contributed by atoms with E-state index in [1.165, 1.54) is 0 Å². The van der Waals surface area contributed by atoms with Gasteiger partial charge in [0.1, 0.15) is 0 Å². The smallest absolute Gasteiger partial charge is 0.253 e. The molecule has 1 saturated carbocycles. The van der Waals surface area contributed by atoms with Crippen LogP contribution in [-0.2, 0) is 0 Å². The molecule has 116 valence electrons. The van der Waals surface area contributed by atoms with Crippen molar-refractivity contribution in [3.8, 4) is 0 Å². The summed E-state index contributed by atoms with van der Waals surface area (Å²) in [6.45, 7) is 6.50. The molecule has 1 aromatic rings. The van der Waals surface area contributed by atoms with E-state index in [9.17, 15) is 13.6 Å². The Morgan fingerprint density at radius 2 is 1.90 bits per heavy atom. The molecule has 0 spiro atoms. The van der Waals surface area contributed by atoms with Gasteiger partial charge in [-0.15, -0.1) is 0 Å². The largest absolute Gasteiger partial charge is 0.349 e. The van der Waals surface area contributed by atoms with Crippen molar-refractivity contribution in [2.45, 2.75) is 46.1 Å². The van der Waals surface area contributed by atoms with E-state index in [0.717, 1.165) is 31.4 Å². The number of hydrogen-bond acceptors (Lipinski definition) is 1. The number of carbonyl (C=O) groups is 1. The standard InChI is InChI=1S/C16H20ClF2NO/c1-9-4-10(8-16(2,3)7-9)20-15(21)11-5-13(18)14(19)6-12(11)17/h5-6,9-10H,4,7-8H2,1-3H3,(H,20,21)/t9-,10-/m1/s1. The Morgan fingerprint density at radius 1 is 1.29 bits per heavy atom. The zero-order chi connectivity index (χ0) is 15.8. The van der Waals surface area contributed by atoms with Gasteiger partial charge in [0.05, 0.1) is 10.6 Å². The first-order valence-corrected chi connectivity index (χ1v) is 7.51. The molecule has 5 heteroatoms. The molecule has 2 nitrogen and oxygen atoms in total. The number of nitrogens with one attached hydrogen (secondary N) is 1. The number of halogens is 3. The fourth-order valence-electron chi connectivity index (χ4n) is 3.42. The van der Waals surface area contributed by atoms with Gasteiger partial charge in [0.25, 0.3) is 5.91 Å². The third kappa shape index (κ3) is 3.94. The van der Waals surface area contributed by atoms with E-state index < -0.39 is 17.5 Å². The molecule has 0 aromatic heterocycles. The van der Waals surface area contributed by atoms with E-state index in [4.69, 9.17) is 11.6 Å². The molecule has 1 N–H and O–H groups in total. The fourth-order valence-corrected chi connectivity index (χ4v) is 3.65. The van der Waals surface area contributed by atoms with Crippen molar-refractivity contribution < 1.29 is 13.6 Å². The van der Waals surface area contributed by atoms with E-state index in [0.29, 0.717) is 5.92 Å². The lowest BCUT2D eigenvalue weighted by Gasteiger charge is -2.39. The van der Waals surface area contributed by atoms with E-state index in [2.05, 4.69) is 26.1 Å². The monoisotopic (exact) mass is 315 g/mol. The van der Waals surface area contributed by atoms with Crippen LogP contribution in [0.5, 0.6) is 0 Å². The second-order valence-electron chi connectivity index (χ2n) is 6.83. The van der Waals surface area contributed by atoms with Crippen LogP contribution in [0.4, 0.5) is 8.78 Å². The molecule has 2 rings (SSSR count). The Balaban J connectivity index is 2.13. The number of benzene rings is 1. The average molecular weight is 316 g/mol. The first-order valence-electron chi connectivity index (χ1n) is 7.13. The summed E-state index contributed by atoms with van der Waals surface area (Å²) >= 11 is 5.83. The topological polar surface area (TPSA) is 29.1 Å². The maximum absolute atomic E-state index is 13.3. The minimum atomic E-state index is -1.07. The summed E-state index contributed by atoms with van der Waals surface area (Å²) in [5.74, 6) is -2.06. The number of carbonyl (C=O) groups excluding carboxylic acids is 1. The molecular formula is C16H20ClF2NO. The van der Waals surface area contributed by atoms with Crippen LogP contribution in [0.15, 0.2) is 12.1 Å². The van der Waals surface area contributed by atoms with Crippen LogP contribution in [0.3, 0.4) is 0 Å².